The molecule has 2 atom stereocenters. The summed E-state index contributed by atoms with van der Waals surface area (Å²) in [5.41, 5.74) is 0. The van der Waals surface area contributed by atoms with E-state index in [2.05, 4.69) is 15.1 Å². The molecule has 0 spiro atoms. The molecule has 4 nitrogen and oxygen atoms in total. The number of fused-ring (bicyclic) bond motifs is 1. The van der Waals surface area contributed by atoms with Gasteiger partial charge in [-0.3, -0.25) is 14.6 Å². The Balaban J connectivity index is 1.62. The molecule has 3 aliphatic heterocycles. The predicted octanol–water partition coefficient (Wildman–Crippen LogP) is 0.435. The molecule has 4 heteroatoms. The van der Waals surface area contributed by atoms with Gasteiger partial charge in [0.15, 0.2) is 0 Å². The van der Waals surface area contributed by atoms with E-state index in [4.69, 9.17) is 0 Å². The van der Waals surface area contributed by atoms with Crippen LogP contribution >= 0.6 is 0 Å². The monoisotopic (exact) mass is 237 g/mol. The average Bonchev–Trinajstić information content (AvgIpc) is 2.39. The molecule has 0 aromatic rings. The van der Waals surface area contributed by atoms with E-state index in [1.54, 1.807) is 0 Å². The molecule has 0 radical (unpaired) electrons. The van der Waals surface area contributed by atoms with Gasteiger partial charge in [0.2, 0.25) is 5.91 Å². The van der Waals surface area contributed by atoms with Crippen molar-refractivity contribution in [2.24, 2.45) is 0 Å². The van der Waals surface area contributed by atoms with Crippen molar-refractivity contribution in [2.45, 2.75) is 44.2 Å². The Labute approximate surface area is 103 Å². The third kappa shape index (κ3) is 2.33. The van der Waals surface area contributed by atoms with Crippen LogP contribution in [-0.4, -0.2) is 60.5 Å². The van der Waals surface area contributed by atoms with Crippen molar-refractivity contribution >= 4 is 5.91 Å². The van der Waals surface area contributed by atoms with E-state index in [-0.39, 0.29) is 11.9 Å². The summed E-state index contributed by atoms with van der Waals surface area (Å²) in [6.07, 6.45) is 6.25. The van der Waals surface area contributed by atoms with E-state index in [0.717, 1.165) is 39.0 Å². The lowest BCUT2D eigenvalue weighted by molar-refractivity contribution is -0.129. The summed E-state index contributed by atoms with van der Waals surface area (Å²) in [4.78, 5) is 16.9. The van der Waals surface area contributed by atoms with Gasteiger partial charge in [0.1, 0.15) is 0 Å². The minimum Gasteiger partial charge on any atom is -0.355 e. The Bertz CT molecular complexity index is 294. The Hall–Kier alpha value is -0.610. The van der Waals surface area contributed by atoms with Crippen LogP contribution < -0.4 is 5.32 Å². The molecule has 3 rings (SSSR count). The van der Waals surface area contributed by atoms with E-state index >= 15 is 0 Å². The van der Waals surface area contributed by atoms with E-state index in [1.165, 1.54) is 25.8 Å². The van der Waals surface area contributed by atoms with Crippen LogP contribution in [0.15, 0.2) is 0 Å². The van der Waals surface area contributed by atoms with Crippen LogP contribution in [0, 0.1) is 0 Å². The molecule has 0 aromatic carbocycles. The van der Waals surface area contributed by atoms with Crippen LogP contribution in [0.4, 0.5) is 0 Å². The van der Waals surface area contributed by atoms with Gasteiger partial charge in [-0.25, -0.2) is 0 Å². The van der Waals surface area contributed by atoms with Crippen molar-refractivity contribution in [2.75, 3.05) is 32.7 Å². The number of nitrogens with zero attached hydrogens (tertiary/aromatic N) is 2. The molecule has 0 bridgehead atoms. The zero-order valence-electron chi connectivity index (χ0n) is 10.5. The SMILES string of the molecule is O=C1NCCCC1N1CCN2CCCCC2C1. The van der Waals surface area contributed by atoms with Crippen LogP contribution in [0.3, 0.4) is 0 Å². The van der Waals surface area contributed by atoms with Gasteiger partial charge in [0.25, 0.3) is 0 Å². The van der Waals surface area contributed by atoms with E-state index < -0.39 is 0 Å². The molecule has 3 aliphatic rings. The third-order valence-corrected chi connectivity index (χ3v) is 4.57. The maximum atomic E-state index is 11.9. The summed E-state index contributed by atoms with van der Waals surface area (Å²) >= 11 is 0. The highest BCUT2D eigenvalue weighted by Crippen LogP contribution is 2.23. The van der Waals surface area contributed by atoms with Crippen LogP contribution in [0.2, 0.25) is 0 Å². The van der Waals surface area contributed by atoms with Crippen LogP contribution in [0.25, 0.3) is 0 Å². The van der Waals surface area contributed by atoms with Gasteiger partial charge in [0.05, 0.1) is 6.04 Å². The van der Waals surface area contributed by atoms with Crippen molar-refractivity contribution in [3.8, 4) is 0 Å². The molecule has 0 aliphatic carbocycles. The van der Waals surface area contributed by atoms with Crippen LogP contribution in [0.5, 0.6) is 0 Å². The first-order valence-corrected chi connectivity index (χ1v) is 7.10. The number of hydrogen-bond donors (Lipinski definition) is 1. The highest BCUT2D eigenvalue weighted by molar-refractivity contribution is 5.82. The standard InChI is InChI=1S/C13H23N3O/c17-13-12(5-3-6-14-13)16-9-8-15-7-2-1-4-11(15)10-16/h11-12H,1-10H2,(H,14,17). The van der Waals surface area contributed by atoms with Crippen molar-refractivity contribution < 1.29 is 4.79 Å². The number of rotatable bonds is 1. The maximum absolute atomic E-state index is 11.9. The van der Waals surface area contributed by atoms with E-state index in [9.17, 15) is 4.79 Å². The number of carbonyl (C=O) groups is 1. The first-order chi connectivity index (χ1) is 8.34. The smallest absolute Gasteiger partial charge is 0.237 e. The fraction of sp³-hybridized carbons (Fsp3) is 0.923. The molecule has 96 valence electrons. The second kappa shape index (κ2) is 4.94. The van der Waals surface area contributed by atoms with Crippen molar-refractivity contribution in [1.82, 2.24) is 15.1 Å². The second-order valence-electron chi connectivity index (χ2n) is 5.63. The summed E-state index contributed by atoms with van der Waals surface area (Å²) in [6.45, 7) is 5.50. The number of amides is 1. The number of piperidine rings is 2. The summed E-state index contributed by atoms with van der Waals surface area (Å²) < 4.78 is 0. The minimum atomic E-state index is 0.160. The zero-order valence-corrected chi connectivity index (χ0v) is 10.5. The summed E-state index contributed by atoms with van der Waals surface area (Å²) in [7, 11) is 0. The Kier molecular flexibility index (Phi) is 3.34. The van der Waals surface area contributed by atoms with Crippen molar-refractivity contribution in [1.29, 1.82) is 0 Å². The van der Waals surface area contributed by atoms with Crippen molar-refractivity contribution in [3.05, 3.63) is 0 Å². The quantitative estimate of drug-likeness (QED) is 0.718. The zero-order chi connectivity index (χ0) is 11.7. The second-order valence-corrected chi connectivity index (χ2v) is 5.63. The maximum Gasteiger partial charge on any atom is 0.237 e. The molecule has 3 fully saturated rings. The molecule has 3 heterocycles. The van der Waals surface area contributed by atoms with Gasteiger partial charge in [-0.2, -0.15) is 0 Å². The average molecular weight is 237 g/mol. The molecular formula is C13H23N3O. The minimum absolute atomic E-state index is 0.160. The number of nitrogens with one attached hydrogen (secondary N) is 1. The Morgan fingerprint density at radius 1 is 1.00 bits per heavy atom. The molecule has 1 amide bonds. The van der Waals surface area contributed by atoms with Crippen LogP contribution in [0.1, 0.15) is 32.1 Å². The molecule has 0 aromatic heterocycles. The van der Waals surface area contributed by atoms with Gasteiger partial charge >= 0.3 is 0 Å². The Morgan fingerprint density at radius 2 is 1.88 bits per heavy atom. The topological polar surface area (TPSA) is 35.6 Å². The van der Waals surface area contributed by atoms with Crippen LogP contribution in [-0.2, 0) is 4.79 Å². The fourth-order valence-corrected chi connectivity index (χ4v) is 3.57. The Morgan fingerprint density at radius 3 is 2.76 bits per heavy atom. The van der Waals surface area contributed by atoms with Gasteiger partial charge in [-0.15, -0.1) is 0 Å². The lowest BCUT2D eigenvalue weighted by Gasteiger charge is -2.46. The van der Waals surface area contributed by atoms with E-state index in [1.807, 2.05) is 0 Å². The normalized spacial score (nSPS) is 36.4. The number of piperazine rings is 1. The highest BCUT2D eigenvalue weighted by Gasteiger charge is 2.35. The predicted molar refractivity (Wildman–Crippen MR) is 66.8 cm³/mol. The van der Waals surface area contributed by atoms with Gasteiger partial charge in [0, 0.05) is 32.2 Å². The summed E-state index contributed by atoms with van der Waals surface area (Å²) in [6, 6.07) is 0.875. The fourth-order valence-electron chi connectivity index (χ4n) is 3.57. The van der Waals surface area contributed by atoms with Gasteiger partial charge < -0.3 is 5.32 Å². The molecule has 2 unspecified atom stereocenters. The van der Waals surface area contributed by atoms with E-state index in [0.29, 0.717) is 6.04 Å². The molecule has 17 heavy (non-hydrogen) atoms. The molecule has 0 saturated carbocycles. The first kappa shape index (κ1) is 11.5. The lowest BCUT2D eigenvalue weighted by Crippen LogP contribution is -2.60. The third-order valence-electron chi connectivity index (χ3n) is 4.57. The molecular weight excluding hydrogens is 214 g/mol. The molecule has 3 saturated heterocycles. The van der Waals surface area contributed by atoms with Crippen molar-refractivity contribution in [3.63, 3.8) is 0 Å². The van der Waals surface area contributed by atoms with Gasteiger partial charge in [-0.05, 0) is 32.2 Å². The number of carbonyl (C=O) groups excluding carboxylic acids is 1. The summed E-state index contributed by atoms with van der Waals surface area (Å²) in [5, 5.41) is 3.01. The lowest BCUT2D eigenvalue weighted by atomic mass is 9.96. The number of hydrogen-bond acceptors (Lipinski definition) is 3. The highest BCUT2D eigenvalue weighted by atomic mass is 16.2. The molecule has 1 N–H and O–H groups in total. The van der Waals surface area contributed by atoms with Gasteiger partial charge in [-0.1, -0.05) is 6.42 Å². The largest absolute Gasteiger partial charge is 0.355 e. The summed E-state index contributed by atoms with van der Waals surface area (Å²) in [5.74, 6) is 0.264. The first-order valence-electron chi connectivity index (χ1n) is 7.10.